The van der Waals surface area contributed by atoms with Crippen molar-refractivity contribution >= 4 is 17.0 Å². The van der Waals surface area contributed by atoms with E-state index >= 15 is 0 Å². The molecule has 0 bridgehead atoms. The first-order chi connectivity index (χ1) is 12.0. The maximum atomic E-state index is 13.2. The summed E-state index contributed by atoms with van der Waals surface area (Å²) in [6.45, 7) is 7.20. The van der Waals surface area contributed by atoms with Crippen LogP contribution in [0.4, 0.5) is 0 Å². The molecule has 3 aromatic rings. The third-order valence-electron chi connectivity index (χ3n) is 4.96. The molecule has 0 spiro atoms. The van der Waals surface area contributed by atoms with Gasteiger partial charge >= 0.3 is 0 Å². The Bertz CT molecular complexity index is 942. The zero-order valence-corrected chi connectivity index (χ0v) is 14.7. The number of carbonyl (C=O) groups excluding carboxylic acids is 1. The first-order valence-corrected chi connectivity index (χ1v) is 8.57. The topological polar surface area (TPSA) is 87.9 Å². The molecule has 1 fully saturated rings. The summed E-state index contributed by atoms with van der Waals surface area (Å²) in [6, 6.07) is 1.83. The van der Waals surface area contributed by atoms with Gasteiger partial charge in [-0.15, -0.1) is 0 Å². The molecule has 1 aliphatic rings. The molecule has 3 aromatic heterocycles. The van der Waals surface area contributed by atoms with Crippen LogP contribution in [0.25, 0.3) is 11.1 Å². The molecule has 1 amide bonds. The number of nitrogens with zero attached hydrogens (tertiary/aromatic N) is 4. The SMILES string of the molecule is Cc1cc(C(=O)N2CCCC(c3[nH]ncc3C)C2)c2c(C)noc2n1. The van der Waals surface area contributed by atoms with Crippen LogP contribution in [-0.4, -0.2) is 44.2 Å². The monoisotopic (exact) mass is 339 g/mol. The molecule has 1 unspecified atom stereocenters. The van der Waals surface area contributed by atoms with Crippen LogP contribution in [0.2, 0.25) is 0 Å². The number of pyridine rings is 1. The second-order valence-electron chi connectivity index (χ2n) is 6.82. The van der Waals surface area contributed by atoms with Crippen LogP contribution in [0.1, 0.15) is 51.8 Å². The normalized spacial score (nSPS) is 18.0. The summed E-state index contributed by atoms with van der Waals surface area (Å²) in [4.78, 5) is 19.5. The van der Waals surface area contributed by atoms with Gasteiger partial charge in [0.2, 0.25) is 0 Å². The van der Waals surface area contributed by atoms with Crippen LogP contribution in [0.3, 0.4) is 0 Å². The number of H-pyrrole nitrogens is 1. The van der Waals surface area contributed by atoms with E-state index in [1.165, 1.54) is 0 Å². The van der Waals surface area contributed by atoms with Gasteiger partial charge in [-0.1, -0.05) is 5.16 Å². The highest BCUT2D eigenvalue weighted by Crippen LogP contribution is 2.30. The second kappa shape index (κ2) is 5.98. The highest BCUT2D eigenvalue weighted by molar-refractivity contribution is 6.06. The van der Waals surface area contributed by atoms with Gasteiger partial charge in [0.25, 0.3) is 11.6 Å². The van der Waals surface area contributed by atoms with E-state index in [9.17, 15) is 4.79 Å². The summed E-state index contributed by atoms with van der Waals surface area (Å²) in [5.41, 5.74) is 4.79. The van der Waals surface area contributed by atoms with Crippen molar-refractivity contribution in [1.29, 1.82) is 0 Å². The number of aromatic amines is 1. The number of hydrogen-bond donors (Lipinski definition) is 1. The smallest absolute Gasteiger partial charge is 0.258 e. The molecule has 0 aromatic carbocycles. The molecule has 4 heterocycles. The van der Waals surface area contributed by atoms with Gasteiger partial charge in [0.15, 0.2) is 0 Å². The van der Waals surface area contributed by atoms with Gasteiger partial charge in [-0.25, -0.2) is 4.98 Å². The molecular formula is C18H21N5O2. The van der Waals surface area contributed by atoms with Crippen LogP contribution >= 0.6 is 0 Å². The molecule has 1 aliphatic heterocycles. The predicted molar refractivity (Wildman–Crippen MR) is 92.5 cm³/mol. The Labute approximate surface area is 145 Å². The average Bonchev–Trinajstić information content (AvgIpc) is 3.19. The highest BCUT2D eigenvalue weighted by atomic mass is 16.5. The Hall–Kier alpha value is -2.70. The molecular weight excluding hydrogens is 318 g/mol. The van der Waals surface area contributed by atoms with Gasteiger partial charge in [-0.2, -0.15) is 5.10 Å². The van der Waals surface area contributed by atoms with Gasteiger partial charge in [-0.3, -0.25) is 9.89 Å². The average molecular weight is 339 g/mol. The molecule has 1 N–H and O–H groups in total. The van der Waals surface area contributed by atoms with Crippen LogP contribution in [0, 0.1) is 20.8 Å². The number of nitrogens with one attached hydrogen (secondary N) is 1. The first kappa shape index (κ1) is 15.8. The van der Waals surface area contributed by atoms with Gasteiger partial charge in [0.1, 0.15) is 0 Å². The minimum atomic E-state index is 0.0173. The van der Waals surface area contributed by atoms with Gasteiger partial charge in [-0.05, 0) is 45.2 Å². The summed E-state index contributed by atoms with van der Waals surface area (Å²) in [7, 11) is 0. The number of likely N-dealkylation sites (tertiary alicyclic amines) is 1. The fraction of sp³-hybridized carbons (Fsp3) is 0.444. The van der Waals surface area contributed by atoms with Crippen molar-refractivity contribution in [2.24, 2.45) is 0 Å². The lowest BCUT2D eigenvalue weighted by Crippen LogP contribution is -2.39. The Kier molecular flexibility index (Phi) is 3.78. The fourth-order valence-corrected chi connectivity index (χ4v) is 3.72. The van der Waals surface area contributed by atoms with Gasteiger partial charge in [0.05, 0.1) is 22.8 Å². The lowest BCUT2D eigenvalue weighted by atomic mass is 9.92. The van der Waals surface area contributed by atoms with Crippen LogP contribution < -0.4 is 0 Å². The maximum absolute atomic E-state index is 13.2. The number of fused-ring (bicyclic) bond motifs is 1. The number of aromatic nitrogens is 4. The van der Waals surface area contributed by atoms with E-state index in [0.29, 0.717) is 29.4 Å². The quantitative estimate of drug-likeness (QED) is 0.775. The molecule has 1 atom stereocenters. The summed E-state index contributed by atoms with van der Waals surface area (Å²) in [6.07, 6.45) is 3.88. The summed E-state index contributed by atoms with van der Waals surface area (Å²) >= 11 is 0. The lowest BCUT2D eigenvalue weighted by molar-refractivity contribution is 0.0707. The van der Waals surface area contributed by atoms with E-state index < -0.39 is 0 Å². The van der Waals surface area contributed by atoms with E-state index in [0.717, 1.165) is 41.7 Å². The zero-order valence-electron chi connectivity index (χ0n) is 14.7. The van der Waals surface area contributed by atoms with Crippen LogP contribution in [0.15, 0.2) is 16.8 Å². The van der Waals surface area contributed by atoms with Crippen molar-refractivity contribution < 1.29 is 9.32 Å². The summed E-state index contributed by atoms with van der Waals surface area (Å²) in [5, 5.41) is 11.9. The molecule has 4 rings (SSSR count). The largest absolute Gasteiger partial charge is 0.338 e. The third kappa shape index (κ3) is 2.69. The Balaban J connectivity index is 1.67. The minimum Gasteiger partial charge on any atom is -0.338 e. The minimum absolute atomic E-state index is 0.0173. The van der Waals surface area contributed by atoms with Crippen molar-refractivity contribution in [3.63, 3.8) is 0 Å². The zero-order chi connectivity index (χ0) is 17.6. The molecule has 1 saturated heterocycles. The standard InChI is InChI=1S/C18H21N5O2/c1-10-8-19-21-16(10)13-5-4-6-23(9-13)18(24)14-7-11(2)20-17-15(14)12(3)22-25-17/h7-8,13H,4-6,9H2,1-3H3,(H,19,21). The maximum Gasteiger partial charge on any atom is 0.258 e. The molecule has 25 heavy (non-hydrogen) atoms. The number of rotatable bonds is 2. The van der Waals surface area contributed by atoms with E-state index in [1.54, 1.807) is 0 Å². The van der Waals surface area contributed by atoms with E-state index in [2.05, 4.69) is 27.3 Å². The predicted octanol–water partition coefficient (Wildman–Crippen LogP) is 2.89. The molecule has 130 valence electrons. The Morgan fingerprint density at radius 3 is 2.96 bits per heavy atom. The second-order valence-corrected chi connectivity index (χ2v) is 6.82. The summed E-state index contributed by atoms with van der Waals surface area (Å²) in [5.74, 6) is 0.311. The first-order valence-electron chi connectivity index (χ1n) is 8.57. The number of piperidine rings is 1. The Morgan fingerprint density at radius 1 is 1.36 bits per heavy atom. The number of carbonyl (C=O) groups is 1. The van der Waals surface area contributed by atoms with Crippen molar-refractivity contribution in [3.05, 3.63) is 40.5 Å². The van der Waals surface area contributed by atoms with Gasteiger partial charge < -0.3 is 9.42 Å². The number of amides is 1. The van der Waals surface area contributed by atoms with Crippen LogP contribution in [0.5, 0.6) is 0 Å². The van der Waals surface area contributed by atoms with Crippen molar-refractivity contribution in [1.82, 2.24) is 25.2 Å². The van der Waals surface area contributed by atoms with Crippen molar-refractivity contribution in [2.45, 2.75) is 39.5 Å². The summed E-state index contributed by atoms with van der Waals surface area (Å²) < 4.78 is 5.26. The van der Waals surface area contributed by atoms with E-state index in [-0.39, 0.29) is 5.91 Å². The lowest BCUT2D eigenvalue weighted by Gasteiger charge is -2.32. The number of aryl methyl sites for hydroxylation is 3. The molecule has 0 saturated carbocycles. The fourth-order valence-electron chi connectivity index (χ4n) is 3.72. The van der Waals surface area contributed by atoms with Crippen molar-refractivity contribution in [2.75, 3.05) is 13.1 Å². The van der Waals surface area contributed by atoms with E-state index in [1.807, 2.05) is 31.0 Å². The van der Waals surface area contributed by atoms with Crippen molar-refractivity contribution in [3.8, 4) is 0 Å². The molecule has 0 radical (unpaired) electrons. The number of hydrogen-bond acceptors (Lipinski definition) is 5. The van der Waals surface area contributed by atoms with E-state index in [4.69, 9.17) is 4.52 Å². The molecule has 0 aliphatic carbocycles. The van der Waals surface area contributed by atoms with Crippen LogP contribution in [-0.2, 0) is 0 Å². The third-order valence-corrected chi connectivity index (χ3v) is 4.96. The Morgan fingerprint density at radius 2 is 2.20 bits per heavy atom. The molecule has 7 heteroatoms. The highest BCUT2D eigenvalue weighted by Gasteiger charge is 2.29. The van der Waals surface area contributed by atoms with Gasteiger partial charge in [0, 0.05) is 30.4 Å². The molecule has 7 nitrogen and oxygen atoms in total.